The highest BCUT2D eigenvalue weighted by molar-refractivity contribution is 6.35. The van der Waals surface area contributed by atoms with Gasteiger partial charge in [0, 0.05) is 22.8 Å². The molecule has 3 N–H and O–H groups in total. The molecule has 164 valence electrons. The van der Waals surface area contributed by atoms with Crippen LogP contribution in [0, 0.1) is 6.92 Å². The van der Waals surface area contributed by atoms with Gasteiger partial charge in [-0.3, -0.25) is 14.4 Å². The first-order valence-corrected chi connectivity index (χ1v) is 10.2. The number of ether oxygens (including phenoxy) is 1. The summed E-state index contributed by atoms with van der Waals surface area (Å²) in [4.78, 5) is 35.6. The van der Waals surface area contributed by atoms with Gasteiger partial charge in [-0.1, -0.05) is 43.1 Å². The third-order valence-corrected chi connectivity index (χ3v) is 4.62. The van der Waals surface area contributed by atoms with Gasteiger partial charge in [-0.2, -0.15) is 5.10 Å². The number of carbonyl (C=O) groups is 3. The van der Waals surface area contributed by atoms with Crippen LogP contribution in [0.2, 0.25) is 5.02 Å². The summed E-state index contributed by atoms with van der Waals surface area (Å²) in [6.07, 6.45) is 3.04. The van der Waals surface area contributed by atoms with Gasteiger partial charge in [-0.05, 0) is 43.2 Å². The molecule has 0 radical (unpaired) electrons. The minimum atomic E-state index is -0.859. The molecular formula is C22H25ClN4O4. The molecule has 0 bridgehead atoms. The number of amides is 3. The van der Waals surface area contributed by atoms with E-state index < -0.39 is 11.8 Å². The quantitative estimate of drug-likeness (QED) is 0.239. The Bertz CT molecular complexity index is 962. The van der Waals surface area contributed by atoms with Crippen molar-refractivity contribution in [2.24, 2.45) is 5.10 Å². The minimum absolute atomic E-state index is 0.233. The third-order valence-electron chi connectivity index (χ3n) is 4.21. The monoisotopic (exact) mass is 444 g/mol. The molecule has 2 aromatic carbocycles. The molecule has 0 heterocycles. The highest BCUT2D eigenvalue weighted by Crippen LogP contribution is 2.23. The topological polar surface area (TPSA) is 109 Å². The molecule has 0 aromatic heterocycles. The normalized spacial score (nSPS) is 10.5. The van der Waals surface area contributed by atoms with Crippen LogP contribution < -0.4 is 20.8 Å². The standard InChI is InChI=1S/C22H25ClN4O4/c1-3-4-12-24-21(29)22(30)27-25-13-16-8-5-6-11-19(16)31-14-20(28)26-18-10-7-9-17(23)15(18)2/h5-11,13H,3-4,12,14H2,1-2H3,(H,24,29)(H,26,28)(H,27,30). The maximum atomic E-state index is 12.2. The maximum Gasteiger partial charge on any atom is 0.329 e. The number of nitrogens with zero attached hydrogens (tertiary/aromatic N) is 1. The average Bonchev–Trinajstić information content (AvgIpc) is 2.76. The number of hydrogen-bond acceptors (Lipinski definition) is 5. The lowest BCUT2D eigenvalue weighted by atomic mass is 10.2. The molecule has 31 heavy (non-hydrogen) atoms. The molecule has 0 unspecified atom stereocenters. The summed E-state index contributed by atoms with van der Waals surface area (Å²) < 4.78 is 5.58. The Morgan fingerprint density at radius 2 is 1.87 bits per heavy atom. The van der Waals surface area contributed by atoms with Crippen LogP contribution in [0.15, 0.2) is 47.6 Å². The second-order valence-electron chi connectivity index (χ2n) is 6.60. The van der Waals surface area contributed by atoms with E-state index in [2.05, 4.69) is 21.2 Å². The molecule has 0 atom stereocenters. The Hall–Kier alpha value is -3.39. The van der Waals surface area contributed by atoms with Crippen LogP contribution >= 0.6 is 11.6 Å². The number of hydrazone groups is 1. The van der Waals surface area contributed by atoms with Gasteiger partial charge in [0.2, 0.25) is 0 Å². The van der Waals surface area contributed by atoms with E-state index in [-0.39, 0.29) is 12.5 Å². The average molecular weight is 445 g/mol. The van der Waals surface area contributed by atoms with Crippen molar-refractivity contribution in [3.05, 3.63) is 58.6 Å². The number of benzene rings is 2. The van der Waals surface area contributed by atoms with Gasteiger partial charge >= 0.3 is 11.8 Å². The van der Waals surface area contributed by atoms with Crippen LogP contribution in [0.5, 0.6) is 5.75 Å². The Kier molecular flexibility index (Phi) is 9.51. The van der Waals surface area contributed by atoms with Crippen LogP contribution in [0.1, 0.15) is 30.9 Å². The molecule has 3 amide bonds. The van der Waals surface area contributed by atoms with Crippen molar-refractivity contribution in [1.82, 2.24) is 10.7 Å². The lowest BCUT2D eigenvalue weighted by molar-refractivity contribution is -0.139. The second kappa shape index (κ2) is 12.3. The van der Waals surface area contributed by atoms with Crippen molar-refractivity contribution < 1.29 is 19.1 Å². The zero-order chi connectivity index (χ0) is 22.6. The first-order chi connectivity index (χ1) is 14.9. The first-order valence-electron chi connectivity index (χ1n) is 9.80. The van der Waals surface area contributed by atoms with E-state index in [0.29, 0.717) is 28.6 Å². The largest absolute Gasteiger partial charge is 0.483 e. The molecule has 0 saturated heterocycles. The summed E-state index contributed by atoms with van der Waals surface area (Å²) in [5.74, 6) is -1.56. The first kappa shape index (κ1) is 23.9. The van der Waals surface area contributed by atoms with Crippen LogP contribution in [0.3, 0.4) is 0 Å². The summed E-state index contributed by atoms with van der Waals surface area (Å²) in [6.45, 7) is 3.99. The van der Waals surface area contributed by atoms with E-state index in [1.807, 2.05) is 13.8 Å². The van der Waals surface area contributed by atoms with Crippen LogP contribution in [-0.4, -0.2) is 37.1 Å². The Morgan fingerprint density at radius 1 is 1.10 bits per heavy atom. The highest BCUT2D eigenvalue weighted by Gasteiger charge is 2.12. The van der Waals surface area contributed by atoms with E-state index >= 15 is 0 Å². The number of unbranched alkanes of at least 4 members (excludes halogenated alkanes) is 1. The number of rotatable bonds is 9. The van der Waals surface area contributed by atoms with Gasteiger partial charge in [0.15, 0.2) is 6.61 Å². The van der Waals surface area contributed by atoms with Gasteiger partial charge in [0.05, 0.1) is 6.21 Å². The fourth-order valence-corrected chi connectivity index (χ4v) is 2.64. The summed E-state index contributed by atoms with van der Waals surface area (Å²) in [7, 11) is 0. The predicted octanol–water partition coefficient (Wildman–Crippen LogP) is 3.03. The molecule has 0 aliphatic heterocycles. The number of hydrogen-bond donors (Lipinski definition) is 3. The SMILES string of the molecule is CCCCNC(=O)C(=O)NN=Cc1ccccc1OCC(=O)Nc1cccc(Cl)c1C. The van der Waals surface area contributed by atoms with Crippen molar-refractivity contribution in [1.29, 1.82) is 0 Å². The van der Waals surface area contributed by atoms with E-state index in [0.717, 1.165) is 18.4 Å². The lowest BCUT2D eigenvalue weighted by Crippen LogP contribution is -2.38. The van der Waals surface area contributed by atoms with Crippen LogP contribution in [0.25, 0.3) is 0 Å². The Balaban J connectivity index is 1.90. The van der Waals surface area contributed by atoms with Gasteiger partial charge < -0.3 is 15.4 Å². The van der Waals surface area contributed by atoms with E-state index in [1.165, 1.54) is 6.21 Å². The highest BCUT2D eigenvalue weighted by atomic mass is 35.5. The van der Waals surface area contributed by atoms with E-state index in [9.17, 15) is 14.4 Å². The molecule has 8 nitrogen and oxygen atoms in total. The number of anilines is 1. The molecule has 0 fully saturated rings. The number of nitrogens with one attached hydrogen (secondary N) is 3. The van der Waals surface area contributed by atoms with Gasteiger partial charge in [-0.15, -0.1) is 0 Å². The molecule has 9 heteroatoms. The third kappa shape index (κ3) is 7.75. The number of carbonyl (C=O) groups excluding carboxylic acids is 3. The molecule has 0 aliphatic rings. The van der Waals surface area contributed by atoms with Crippen LogP contribution in [0.4, 0.5) is 5.69 Å². The number of halogens is 1. The maximum absolute atomic E-state index is 12.2. The van der Waals surface area contributed by atoms with E-state index in [1.54, 1.807) is 42.5 Å². The fourth-order valence-electron chi connectivity index (χ4n) is 2.46. The molecule has 0 spiro atoms. The summed E-state index contributed by atoms with van der Waals surface area (Å²) in [5.41, 5.74) is 4.06. The smallest absolute Gasteiger partial charge is 0.329 e. The van der Waals surface area contributed by atoms with Crippen LogP contribution in [-0.2, 0) is 14.4 Å². The summed E-state index contributed by atoms with van der Waals surface area (Å²) in [5, 5.41) is 9.59. The molecule has 0 aliphatic carbocycles. The van der Waals surface area contributed by atoms with Gasteiger partial charge in [0.25, 0.3) is 5.91 Å². The molecule has 2 rings (SSSR count). The molecule has 2 aromatic rings. The predicted molar refractivity (Wildman–Crippen MR) is 120 cm³/mol. The minimum Gasteiger partial charge on any atom is -0.483 e. The molecule has 0 saturated carbocycles. The zero-order valence-electron chi connectivity index (χ0n) is 17.4. The van der Waals surface area contributed by atoms with Crippen molar-refractivity contribution in [2.75, 3.05) is 18.5 Å². The van der Waals surface area contributed by atoms with E-state index in [4.69, 9.17) is 16.3 Å². The van der Waals surface area contributed by atoms with Crippen molar-refractivity contribution in [3.63, 3.8) is 0 Å². The van der Waals surface area contributed by atoms with Crippen molar-refractivity contribution >= 4 is 41.2 Å². The van der Waals surface area contributed by atoms with Gasteiger partial charge in [0.1, 0.15) is 5.75 Å². The second-order valence-corrected chi connectivity index (χ2v) is 7.00. The summed E-state index contributed by atoms with van der Waals surface area (Å²) >= 11 is 6.06. The van der Waals surface area contributed by atoms with Crippen molar-refractivity contribution in [3.8, 4) is 5.75 Å². The molecular weight excluding hydrogens is 420 g/mol. The summed E-state index contributed by atoms with van der Waals surface area (Å²) in [6, 6.07) is 12.1. The fraction of sp³-hybridized carbons (Fsp3) is 0.273. The Labute approximate surface area is 186 Å². The zero-order valence-corrected chi connectivity index (χ0v) is 18.2. The Morgan fingerprint density at radius 3 is 2.65 bits per heavy atom. The number of para-hydroxylation sites is 1. The van der Waals surface area contributed by atoms with Gasteiger partial charge in [-0.25, -0.2) is 5.43 Å². The lowest BCUT2D eigenvalue weighted by Gasteiger charge is -2.11. The van der Waals surface area contributed by atoms with Crippen molar-refractivity contribution in [2.45, 2.75) is 26.7 Å².